The van der Waals surface area contributed by atoms with Crippen LogP contribution in [0, 0.1) is 0 Å². The van der Waals surface area contributed by atoms with Crippen LogP contribution in [0.3, 0.4) is 0 Å². The van der Waals surface area contributed by atoms with Gasteiger partial charge in [-0.15, -0.1) is 0 Å². The first kappa shape index (κ1) is 15.2. The van der Waals surface area contributed by atoms with E-state index in [2.05, 4.69) is 40.4 Å². The van der Waals surface area contributed by atoms with E-state index in [1.165, 1.54) is 0 Å². The van der Waals surface area contributed by atoms with E-state index in [4.69, 9.17) is 0 Å². The minimum Gasteiger partial charge on any atom is -0.350 e. The second-order valence-electron chi connectivity index (χ2n) is 4.70. The van der Waals surface area contributed by atoms with Gasteiger partial charge in [0.25, 0.3) is 0 Å². The van der Waals surface area contributed by atoms with Gasteiger partial charge in [-0.25, -0.2) is 0 Å². The number of hydrogen-bond donors (Lipinski definition) is 2. The van der Waals surface area contributed by atoms with Gasteiger partial charge in [0.05, 0.1) is 6.04 Å². The summed E-state index contributed by atoms with van der Waals surface area (Å²) in [6.45, 7) is 6.86. The fourth-order valence-electron chi connectivity index (χ4n) is 1.65. The van der Waals surface area contributed by atoms with E-state index in [0.717, 1.165) is 10.0 Å². The number of rotatable bonds is 6. The maximum absolute atomic E-state index is 11.7. The van der Waals surface area contributed by atoms with Crippen molar-refractivity contribution in [3.05, 3.63) is 34.3 Å². The molecule has 0 bridgehead atoms. The predicted molar refractivity (Wildman–Crippen MR) is 78.5 cm³/mol. The Hall–Kier alpha value is -0.870. The first-order valence-corrected chi connectivity index (χ1v) is 7.06. The number of amides is 1. The highest BCUT2D eigenvalue weighted by molar-refractivity contribution is 9.10. The third-order valence-electron chi connectivity index (χ3n) is 2.63. The zero-order valence-electron chi connectivity index (χ0n) is 11.2. The summed E-state index contributed by atoms with van der Waals surface area (Å²) < 4.78 is 1.03. The number of carbonyl (C=O) groups is 1. The molecule has 1 atom stereocenters. The molecule has 4 heteroatoms. The molecule has 0 fully saturated rings. The van der Waals surface area contributed by atoms with Crippen LogP contribution in [0.5, 0.6) is 0 Å². The SMILES string of the molecule is CC(C)NCCC(=O)N[C@@H](C)c1cccc(Br)c1. The van der Waals surface area contributed by atoms with Gasteiger partial charge in [-0.2, -0.15) is 0 Å². The molecule has 0 spiro atoms. The van der Waals surface area contributed by atoms with E-state index < -0.39 is 0 Å². The zero-order valence-corrected chi connectivity index (χ0v) is 12.8. The second kappa shape index (κ2) is 7.54. The Balaban J connectivity index is 2.40. The maximum atomic E-state index is 11.7. The van der Waals surface area contributed by atoms with E-state index in [1.807, 2.05) is 31.2 Å². The van der Waals surface area contributed by atoms with Crippen molar-refractivity contribution in [2.75, 3.05) is 6.54 Å². The van der Waals surface area contributed by atoms with Crippen molar-refractivity contribution in [2.24, 2.45) is 0 Å². The fraction of sp³-hybridized carbons (Fsp3) is 0.500. The van der Waals surface area contributed by atoms with Crippen LogP contribution in [-0.4, -0.2) is 18.5 Å². The summed E-state index contributed by atoms with van der Waals surface area (Å²) in [6.07, 6.45) is 0.510. The number of nitrogens with one attached hydrogen (secondary N) is 2. The van der Waals surface area contributed by atoms with Crippen molar-refractivity contribution in [3.63, 3.8) is 0 Å². The van der Waals surface area contributed by atoms with Gasteiger partial charge in [-0.1, -0.05) is 41.9 Å². The molecular weight excluding hydrogens is 292 g/mol. The molecule has 1 amide bonds. The zero-order chi connectivity index (χ0) is 13.5. The van der Waals surface area contributed by atoms with Gasteiger partial charge in [0, 0.05) is 23.5 Å². The molecule has 18 heavy (non-hydrogen) atoms. The minimum absolute atomic E-state index is 0.0362. The average molecular weight is 313 g/mol. The summed E-state index contributed by atoms with van der Waals surface area (Å²) in [5.41, 5.74) is 1.11. The Morgan fingerprint density at radius 3 is 2.67 bits per heavy atom. The molecule has 0 aromatic heterocycles. The normalized spacial score (nSPS) is 12.5. The first-order chi connectivity index (χ1) is 8.49. The van der Waals surface area contributed by atoms with Gasteiger partial charge in [-0.3, -0.25) is 4.79 Å². The lowest BCUT2D eigenvalue weighted by atomic mass is 10.1. The first-order valence-electron chi connectivity index (χ1n) is 6.27. The van der Waals surface area contributed by atoms with Crippen LogP contribution < -0.4 is 10.6 Å². The molecule has 3 nitrogen and oxygen atoms in total. The van der Waals surface area contributed by atoms with Crippen LogP contribution in [0.2, 0.25) is 0 Å². The predicted octanol–water partition coefficient (Wildman–Crippen LogP) is 3.01. The fourth-order valence-corrected chi connectivity index (χ4v) is 2.06. The van der Waals surface area contributed by atoms with E-state index in [0.29, 0.717) is 19.0 Å². The molecule has 0 saturated heterocycles. The van der Waals surface area contributed by atoms with Crippen molar-refractivity contribution in [1.82, 2.24) is 10.6 Å². The van der Waals surface area contributed by atoms with Gasteiger partial charge >= 0.3 is 0 Å². The molecule has 0 aliphatic carbocycles. The molecule has 0 aliphatic rings. The molecule has 0 saturated carbocycles. The third-order valence-corrected chi connectivity index (χ3v) is 3.12. The standard InChI is InChI=1S/C14H21BrN2O/c1-10(2)16-8-7-14(18)17-11(3)12-5-4-6-13(15)9-12/h4-6,9-11,16H,7-8H2,1-3H3,(H,17,18)/t11-/m0/s1. The summed E-state index contributed by atoms with van der Waals surface area (Å²) >= 11 is 3.43. The number of halogens is 1. The van der Waals surface area contributed by atoms with Crippen LogP contribution in [0.1, 0.15) is 38.8 Å². The Kier molecular flexibility index (Phi) is 6.36. The molecule has 100 valence electrons. The van der Waals surface area contributed by atoms with Crippen LogP contribution in [0.4, 0.5) is 0 Å². The molecule has 2 N–H and O–H groups in total. The van der Waals surface area contributed by atoms with Crippen LogP contribution >= 0.6 is 15.9 Å². The van der Waals surface area contributed by atoms with Gasteiger partial charge in [0.1, 0.15) is 0 Å². The van der Waals surface area contributed by atoms with Crippen molar-refractivity contribution in [3.8, 4) is 0 Å². The molecule has 0 heterocycles. The average Bonchev–Trinajstić information content (AvgIpc) is 2.28. The third kappa shape index (κ3) is 5.65. The number of carbonyl (C=O) groups excluding carboxylic acids is 1. The number of benzene rings is 1. The lowest BCUT2D eigenvalue weighted by Gasteiger charge is -2.15. The highest BCUT2D eigenvalue weighted by Gasteiger charge is 2.09. The van der Waals surface area contributed by atoms with Crippen molar-refractivity contribution in [2.45, 2.75) is 39.3 Å². The molecule has 0 aliphatic heterocycles. The van der Waals surface area contributed by atoms with E-state index in [-0.39, 0.29) is 11.9 Å². The highest BCUT2D eigenvalue weighted by atomic mass is 79.9. The van der Waals surface area contributed by atoms with Gasteiger partial charge < -0.3 is 10.6 Å². The van der Waals surface area contributed by atoms with E-state index in [1.54, 1.807) is 0 Å². The quantitative estimate of drug-likeness (QED) is 0.847. The second-order valence-corrected chi connectivity index (χ2v) is 5.62. The summed E-state index contributed by atoms with van der Waals surface area (Å²) in [4.78, 5) is 11.7. The van der Waals surface area contributed by atoms with Crippen LogP contribution in [0.15, 0.2) is 28.7 Å². The highest BCUT2D eigenvalue weighted by Crippen LogP contribution is 2.17. The summed E-state index contributed by atoms with van der Waals surface area (Å²) in [5, 5.41) is 6.23. The smallest absolute Gasteiger partial charge is 0.221 e. The van der Waals surface area contributed by atoms with Crippen molar-refractivity contribution in [1.29, 1.82) is 0 Å². The summed E-state index contributed by atoms with van der Waals surface area (Å²) in [7, 11) is 0. The topological polar surface area (TPSA) is 41.1 Å². The van der Waals surface area contributed by atoms with Crippen molar-refractivity contribution < 1.29 is 4.79 Å². The Morgan fingerprint density at radius 1 is 1.33 bits per heavy atom. The largest absolute Gasteiger partial charge is 0.350 e. The van der Waals surface area contributed by atoms with Crippen molar-refractivity contribution >= 4 is 21.8 Å². The van der Waals surface area contributed by atoms with Crippen LogP contribution in [0.25, 0.3) is 0 Å². The lowest BCUT2D eigenvalue weighted by Crippen LogP contribution is -2.31. The molecular formula is C14H21BrN2O. The molecule has 1 aromatic carbocycles. The van der Waals surface area contributed by atoms with E-state index in [9.17, 15) is 4.79 Å². The number of hydrogen-bond acceptors (Lipinski definition) is 2. The van der Waals surface area contributed by atoms with Gasteiger partial charge in [-0.05, 0) is 24.6 Å². The van der Waals surface area contributed by atoms with Gasteiger partial charge in [0.15, 0.2) is 0 Å². The molecule has 0 unspecified atom stereocenters. The Bertz CT molecular complexity index is 393. The van der Waals surface area contributed by atoms with Gasteiger partial charge in [0.2, 0.25) is 5.91 Å². The molecule has 1 rings (SSSR count). The molecule has 0 radical (unpaired) electrons. The summed E-state index contributed by atoms with van der Waals surface area (Å²) in [5.74, 6) is 0.0793. The van der Waals surface area contributed by atoms with Crippen LogP contribution in [-0.2, 0) is 4.79 Å². The Labute approximate surface area is 117 Å². The monoisotopic (exact) mass is 312 g/mol. The maximum Gasteiger partial charge on any atom is 0.221 e. The van der Waals surface area contributed by atoms with E-state index >= 15 is 0 Å². The summed E-state index contributed by atoms with van der Waals surface area (Å²) in [6, 6.07) is 8.45. The Morgan fingerprint density at radius 2 is 2.06 bits per heavy atom. The lowest BCUT2D eigenvalue weighted by molar-refractivity contribution is -0.121. The minimum atomic E-state index is 0.0362. The molecule has 1 aromatic rings.